The Kier molecular flexibility index (Phi) is 4.47. The van der Waals surface area contributed by atoms with Crippen LogP contribution in [0.25, 0.3) is 0 Å². The first kappa shape index (κ1) is 13.9. The van der Waals surface area contributed by atoms with Crippen LogP contribution in [-0.2, 0) is 16.6 Å². The number of nitrogens with two attached hydrogens (primary N) is 1. The summed E-state index contributed by atoms with van der Waals surface area (Å²) in [5.74, 6) is -0.662. The van der Waals surface area contributed by atoms with Crippen molar-refractivity contribution in [2.75, 3.05) is 10.5 Å². The summed E-state index contributed by atoms with van der Waals surface area (Å²) in [5, 5.41) is 0. The molecule has 0 unspecified atom stereocenters. The van der Waals surface area contributed by atoms with Gasteiger partial charge in [-0.25, -0.2) is 12.8 Å². The molecule has 0 saturated heterocycles. The van der Waals surface area contributed by atoms with E-state index in [1.807, 2.05) is 0 Å². The van der Waals surface area contributed by atoms with E-state index in [2.05, 4.69) is 4.72 Å². The number of rotatable bonds is 5. The number of hydrogen-bond acceptors (Lipinski definition) is 3. The van der Waals surface area contributed by atoms with Crippen LogP contribution >= 0.6 is 0 Å². The minimum Gasteiger partial charge on any atom is -0.326 e. The van der Waals surface area contributed by atoms with Crippen molar-refractivity contribution in [1.82, 2.24) is 0 Å². The Labute approximate surface area is 101 Å². The SMILES string of the molecule is CC(C)CS(=O)(=O)Nc1ccc(CN)cc1F. The Balaban J connectivity index is 2.89. The summed E-state index contributed by atoms with van der Waals surface area (Å²) in [4.78, 5) is 0. The number of nitrogens with one attached hydrogen (secondary N) is 1. The minimum absolute atomic E-state index is 0.0149. The maximum atomic E-state index is 13.5. The predicted molar refractivity (Wildman–Crippen MR) is 66.5 cm³/mol. The molecule has 0 heterocycles. The molecule has 0 radical (unpaired) electrons. The Morgan fingerprint density at radius 1 is 1.41 bits per heavy atom. The van der Waals surface area contributed by atoms with E-state index in [1.54, 1.807) is 19.9 Å². The van der Waals surface area contributed by atoms with E-state index in [4.69, 9.17) is 5.73 Å². The average Bonchev–Trinajstić information content (AvgIpc) is 2.18. The average molecular weight is 260 g/mol. The summed E-state index contributed by atoms with van der Waals surface area (Å²) in [6.45, 7) is 3.79. The van der Waals surface area contributed by atoms with Gasteiger partial charge >= 0.3 is 0 Å². The van der Waals surface area contributed by atoms with Crippen LogP contribution in [-0.4, -0.2) is 14.2 Å². The van der Waals surface area contributed by atoms with Crippen LogP contribution in [0.5, 0.6) is 0 Å². The molecule has 1 aromatic carbocycles. The smallest absolute Gasteiger partial charge is 0.233 e. The number of benzene rings is 1. The summed E-state index contributed by atoms with van der Waals surface area (Å²) in [7, 11) is -3.50. The number of sulfonamides is 1. The number of hydrogen-bond donors (Lipinski definition) is 2. The lowest BCUT2D eigenvalue weighted by Gasteiger charge is -2.11. The molecule has 6 heteroatoms. The lowest BCUT2D eigenvalue weighted by Crippen LogP contribution is -2.20. The monoisotopic (exact) mass is 260 g/mol. The van der Waals surface area contributed by atoms with Gasteiger partial charge in [0.25, 0.3) is 0 Å². The van der Waals surface area contributed by atoms with E-state index in [-0.39, 0.29) is 23.9 Å². The molecule has 1 rings (SSSR count). The zero-order valence-electron chi connectivity index (χ0n) is 9.90. The van der Waals surface area contributed by atoms with Crippen molar-refractivity contribution in [2.45, 2.75) is 20.4 Å². The second kappa shape index (κ2) is 5.46. The predicted octanol–water partition coefficient (Wildman–Crippen LogP) is 1.68. The van der Waals surface area contributed by atoms with Gasteiger partial charge in [0.1, 0.15) is 5.82 Å². The number of anilines is 1. The summed E-state index contributed by atoms with van der Waals surface area (Å²) >= 11 is 0. The minimum atomic E-state index is -3.50. The molecule has 3 N–H and O–H groups in total. The second-order valence-corrected chi connectivity index (χ2v) is 6.06. The molecule has 0 fully saturated rings. The van der Waals surface area contributed by atoms with Crippen molar-refractivity contribution < 1.29 is 12.8 Å². The van der Waals surface area contributed by atoms with Gasteiger partial charge < -0.3 is 5.73 Å². The lowest BCUT2D eigenvalue weighted by molar-refractivity contribution is 0.585. The van der Waals surface area contributed by atoms with Crippen LogP contribution in [0.2, 0.25) is 0 Å². The summed E-state index contributed by atoms with van der Waals surface area (Å²) in [6, 6.07) is 4.21. The quantitative estimate of drug-likeness (QED) is 0.846. The molecule has 96 valence electrons. The fraction of sp³-hybridized carbons (Fsp3) is 0.455. The van der Waals surface area contributed by atoms with Gasteiger partial charge in [-0.1, -0.05) is 19.9 Å². The first-order valence-electron chi connectivity index (χ1n) is 5.33. The lowest BCUT2D eigenvalue weighted by atomic mass is 10.2. The molecule has 0 aliphatic heterocycles. The molecule has 0 aliphatic carbocycles. The van der Waals surface area contributed by atoms with Crippen molar-refractivity contribution >= 4 is 15.7 Å². The van der Waals surface area contributed by atoms with Crippen molar-refractivity contribution in [3.8, 4) is 0 Å². The van der Waals surface area contributed by atoms with Crippen LogP contribution < -0.4 is 10.5 Å². The molecule has 4 nitrogen and oxygen atoms in total. The van der Waals surface area contributed by atoms with Gasteiger partial charge in [-0.05, 0) is 23.6 Å². The Bertz CT molecular complexity index is 486. The largest absolute Gasteiger partial charge is 0.326 e. The van der Waals surface area contributed by atoms with E-state index in [0.29, 0.717) is 5.56 Å². The zero-order valence-corrected chi connectivity index (χ0v) is 10.7. The van der Waals surface area contributed by atoms with Crippen LogP contribution in [0.4, 0.5) is 10.1 Å². The molecular weight excluding hydrogens is 243 g/mol. The van der Waals surface area contributed by atoms with E-state index in [9.17, 15) is 12.8 Å². The molecule has 0 aromatic heterocycles. The first-order valence-corrected chi connectivity index (χ1v) is 6.98. The van der Waals surface area contributed by atoms with Gasteiger partial charge in [0.15, 0.2) is 0 Å². The molecule has 0 spiro atoms. The van der Waals surface area contributed by atoms with Gasteiger partial charge in [0.05, 0.1) is 11.4 Å². The van der Waals surface area contributed by atoms with Crippen LogP contribution in [0.1, 0.15) is 19.4 Å². The Morgan fingerprint density at radius 2 is 2.06 bits per heavy atom. The van der Waals surface area contributed by atoms with E-state index in [1.165, 1.54) is 12.1 Å². The maximum Gasteiger partial charge on any atom is 0.233 e. The Hall–Kier alpha value is -1.14. The Morgan fingerprint density at radius 3 is 2.53 bits per heavy atom. The third kappa shape index (κ3) is 4.32. The normalized spacial score (nSPS) is 11.8. The molecule has 0 bridgehead atoms. The topological polar surface area (TPSA) is 72.2 Å². The molecule has 0 amide bonds. The van der Waals surface area contributed by atoms with Crippen LogP contribution in [0.15, 0.2) is 18.2 Å². The maximum absolute atomic E-state index is 13.5. The summed E-state index contributed by atoms with van der Waals surface area (Å²) in [6.07, 6.45) is 0. The molecule has 1 aromatic rings. The molecule has 17 heavy (non-hydrogen) atoms. The number of halogens is 1. The van der Waals surface area contributed by atoms with Gasteiger partial charge in [-0.2, -0.15) is 0 Å². The molecule has 0 aliphatic rings. The van der Waals surface area contributed by atoms with E-state index >= 15 is 0 Å². The van der Waals surface area contributed by atoms with Gasteiger partial charge in [0, 0.05) is 6.54 Å². The first-order chi connectivity index (χ1) is 7.84. The third-order valence-corrected chi connectivity index (χ3v) is 3.72. The van der Waals surface area contributed by atoms with Crippen molar-refractivity contribution in [2.24, 2.45) is 11.7 Å². The highest BCUT2D eigenvalue weighted by molar-refractivity contribution is 7.92. The molecular formula is C11H17FN2O2S. The van der Waals surface area contributed by atoms with E-state index in [0.717, 1.165) is 0 Å². The zero-order chi connectivity index (χ0) is 13.1. The fourth-order valence-electron chi connectivity index (χ4n) is 1.42. The highest BCUT2D eigenvalue weighted by Gasteiger charge is 2.15. The standard InChI is InChI=1S/C11H17FN2O2S/c1-8(2)7-17(15,16)14-11-4-3-9(6-13)5-10(11)12/h3-5,8,14H,6-7,13H2,1-2H3. The van der Waals surface area contributed by atoms with Gasteiger partial charge in [-0.3, -0.25) is 4.72 Å². The van der Waals surface area contributed by atoms with E-state index < -0.39 is 15.8 Å². The highest BCUT2D eigenvalue weighted by atomic mass is 32.2. The highest BCUT2D eigenvalue weighted by Crippen LogP contribution is 2.17. The molecule has 0 saturated carbocycles. The fourth-order valence-corrected chi connectivity index (χ4v) is 2.88. The third-order valence-electron chi connectivity index (χ3n) is 2.09. The van der Waals surface area contributed by atoms with Crippen LogP contribution in [0, 0.1) is 11.7 Å². The van der Waals surface area contributed by atoms with Crippen LogP contribution in [0.3, 0.4) is 0 Å². The molecule has 0 atom stereocenters. The second-order valence-electron chi connectivity index (χ2n) is 4.30. The van der Waals surface area contributed by atoms with Crippen molar-refractivity contribution in [1.29, 1.82) is 0 Å². The summed E-state index contributed by atoms with van der Waals surface area (Å²) in [5.41, 5.74) is 5.94. The van der Waals surface area contributed by atoms with Gasteiger partial charge in [0.2, 0.25) is 10.0 Å². The summed E-state index contributed by atoms with van der Waals surface area (Å²) < 4.78 is 39.0. The van der Waals surface area contributed by atoms with Crippen molar-refractivity contribution in [3.05, 3.63) is 29.6 Å². The van der Waals surface area contributed by atoms with Gasteiger partial charge in [-0.15, -0.1) is 0 Å². The van der Waals surface area contributed by atoms with Crippen molar-refractivity contribution in [3.63, 3.8) is 0 Å².